The lowest BCUT2D eigenvalue weighted by atomic mass is 10.1. The minimum atomic E-state index is -0.654. The highest BCUT2D eigenvalue weighted by Gasteiger charge is 2.09. The summed E-state index contributed by atoms with van der Waals surface area (Å²) in [6.07, 6.45) is -0.654. The first-order valence-electron chi connectivity index (χ1n) is 5.81. The lowest BCUT2D eigenvalue weighted by molar-refractivity contribution is 0.196. The smallest absolute Gasteiger partial charge is 0.123 e. The Hall–Kier alpha value is -1.32. The van der Waals surface area contributed by atoms with Crippen LogP contribution >= 0.6 is 11.8 Å². The van der Waals surface area contributed by atoms with E-state index in [9.17, 15) is 9.50 Å². The van der Waals surface area contributed by atoms with Crippen molar-refractivity contribution >= 4 is 11.8 Å². The third-order valence-electron chi connectivity index (χ3n) is 2.66. The van der Waals surface area contributed by atoms with Crippen molar-refractivity contribution in [3.8, 4) is 0 Å². The fraction of sp³-hybridized carbons (Fsp3) is 0.200. The van der Waals surface area contributed by atoms with Gasteiger partial charge in [0, 0.05) is 10.6 Å². The van der Waals surface area contributed by atoms with Crippen molar-refractivity contribution in [2.45, 2.75) is 23.7 Å². The van der Waals surface area contributed by atoms with Gasteiger partial charge in [0.2, 0.25) is 0 Å². The molecule has 0 bridgehead atoms. The lowest BCUT2D eigenvalue weighted by Gasteiger charge is -2.11. The molecule has 0 saturated carbocycles. The monoisotopic (exact) mass is 262 g/mol. The number of aliphatic hydroxyl groups is 1. The fourth-order valence-corrected chi connectivity index (χ4v) is 2.79. The number of rotatable bonds is 4. The van der Waals surface area contributed by atoms with Crippen LogP contribution < -0.4 is 0 Å². The Morgan fingerprint density at radius 1 is 1.17 bits per heavy atom. The molecular formula is C15H15FOS. The molecule has 2 aromatic carbocycles. The first kappa shape index (κ1) is 13.1. The maximum absolute atomic E-state index is 13.2. The molecule has 0 radical (unpaired) electrons. The number of aliphatic hydroxyl groups excluding tert-OH is 1. The van der Waals surface area contributed by atoms with Crippen LogP contribution in [0.1, 0.15) is 24.2 Å². The Kier molecular flexibility index (Phi) is 4.39. The average molecular weight is 262 g/mol. The summed E-state index contributed by atoms with van der Waals surface area (Å²) >= 11 is 1.61. The largest absolute Gasteiger partial charge is 0.389 e. The Morgan fingerprint density at radius 2 is 1.89 bits per heavy atom. The van der Waals surface area contributed by atoms with Gasteiger partial charge in [0.15, 0.2) is 0 Å². The molecular weight excluding hydrogens is 247 g/mol. The van der Waals surface area contributed by atoms with Crippen molar-refractivity contribution in [1.82, 2.24) is 0 Å². The second-order valence-corrected chi connectivity index (χ2v) is 5.15. The number of hydrogen-bond acceptors (Lipinski definition) is 2. The van der Waals surface area contributed by atoms with Crippen LogP contribution in [0.4, 0.5) is 4.39 Å². The zero-order valence-electron chi connectivity index (χ0n) is 10.1. The molecule has 0 fully saturated rings. The molecule has 0 spiro atoms. The van der Waals surface area contributed by atoms with Crippen LogP contribution in [-0.2, 0) is 5.75 Å². The van der Waals surface area contributed by atoms with Crippen LogP contribution in [0.3, 0.4) is 0 Å². The number of hydrogen-bond donors (Lipinski definition) is 1. The normalized spacial score (nSPS) is 12.4. The van der Waals surface area contributed by atoms with Crippen LogP contribution in [0.5, 0.6) is 0 Å². The van der Waals surface area contributed by atoms with Crippen molar-refractivity contribution in [3.63, 3.8) is 0 Å². The molecule has 2 rings (SSSR count). The SMILES string of the molecule is C[C@@H](O)c1cc(F)ccc1SCc1ccccc1. The molecule has 0 heterocycles. The Bertz CT molecular complexity index is 511. The van der Waals surface area contributed by atoms with Gasteiger partial charge in [-0.3, -0.25) is 0 Å². The molecule has 0 aliphatic heterocycles. The van der Waals surface area contributed by atoms with Crippen LogP contribution in [0.15, 0.2) is 53.4 Å². The van der Waals surface area contributed by atoms with E-state index in [1.165, 1.54) is 17.7 Å². The molecule has 1 nitrogen and oxygen atoms in total. The summed E-state index contributed by atoms with van der Waals surface area (Å²) < 4.78 is 13.2. The van der Waals surface area contributed by atoms with Gasteiger partial charge < -0.3 is 5.11 Å². The first-order valence-corrected chi connectivity index (χ1v) is 6.79. The summed E-state index contributed by atoms with van der Waals surface area (Å²) in [7, 11) is 0. The minimum absolute atomic E-state index is 0.310. The Labute approximate surface area is 111 Å². The van der Waals surface area contributed by atoms with Gasteiger partial charge in [-0.1, -0.05) is 30.3 Å². The molecule has 18 heavy (non-hydrogen) atoms. The average Bonchev–Trinajstić information content (AvgIpc) is 2.38. The number of halogens is 1. The highest BCUT2D eigenvalue weighted by Crippen LogP contribution is 2.30. The Balaban J connectivity index is 2.14. The first-order chi connectivity index (χ1) is 8.66. The molecule has 3 heteroatoms. The molecule has 1 N–H and O–H groups in total. The summed E-state index contributed by atoms with van der Waals surface area (Å²) in [5, 5.41) is 9.65. The third kappa shape index (κ3) is 3.34. The molecule has 1 atom stereocenters. The zero-order valence-corrected chi connectivity index (χ0v) is 11.0. The van der Waals surface area contributed by atoms with E-state index in [-0.39, 0.29) is 5.82 Å². The van der Waals surface area contributed by atoms with Crippen LogP contribution in [0.2, 0.25) is 0 Å². The van der Waals surface area contributed by atoms with Crippen molar-refractivity contribution in [2.24, 2.45) is 0 Å². The molecule has 94 valence electrons. The molecule has 0 unspecified atom stereocenters. The van der Waals surface area contributed by atoms with Crippen molar-refractivity contribution < 1.29 is 9.50 Å². The zero-order chi connectivity index (χ0) is 13.0. The lowest BCUT2D eigenvalue weighted by Crippen LogP contribution is -1.95. The van der Waals surface area contributed by atoms with E-state index in [0.29, 0.717) is 5.56 Å². The van der Waals surface area contributed by atoms with Gasteiger partial charge in [-0.2, -0.15) is 0 Å². The van der Waals surface area contributed by atoms with E-state index in [4.69, 9.17) is 0 Å². The maximum atomic E-state index is 13.2. The van der Waals surface area contributed by atoms with Crippen LogP contribution in [0, 0.1) is 5.82 Å². The molecule has 0 aromatic heterocycles. The number of thioether (sulfide) groups is 1. The van der Waals surface area contributed by atoms with E-state index in [0.717, 1.165) is 10.6 Å². The van der Waals surface area contributed by atoms with E-state index < -0.39 is 6.10 Å². The van der Waals surface area contributed by atoms with Crippen molar-refractivity contribution in [1.29, 1.82) is 0 Å². The summed E-state index contributed by atoms with van der Waals surface area (Å²) in [5.41, 5.74) is 1.86. The fourth-order valence-electron chi connectivity index (χ4n) is 1.71. The van der Waals surface area contributed by atoms with Gasteiger partial charge >= 0.3 is 0 Å². The minimum Gasteiger partial charge on any atom is -0.389 e. The Morgan fingerprint density at radius 3 is 2.56 bits per heavy atom. The second kappa shape index (κ2) is 6.03. The molecule has 0 aliphatic rings. The van der Waals surface area contributed by atoms with Gasteiger partial charge in [-0.25, -0.2) is 4.39 Å². The summed E-state index contributed by atoms with van der Waals surface area (Å²) in [5.74, 6) is 0.501. The van der Waals surface area contributed by atoms with Gasteiger partial charge in [0.05, 0.1) is 6.10 Å². The van der Waals surface area contributed by atoms with Gasteiger partial charge in [0.25, 0.3) is 0 Å². The van der Waals surface area contributed by atoms with E-state index in [1.807, 2.05) is 18.2 Å². The topological polar surface area (TPSA) is 20.2 Å². The molecule has 0 saturated heterocycles. The van der Waals surface area contributed by atoms with E-state index >= 15 is 0 Å². The highest BCUT2D eigenvalue weighted by molar-refractivity contribution is 7.98. The van der Waals surface area contributed by atoms with E-state index in [1.54, 1.807) is 24.8 Å². The second-order valence-electron chi connectivity index (χ2n) is 4.13. The quantitative estimate of drug-likeness (QED) is 0.834. The van der Waals surface area contributed by atoms with E-state index in [2.05, 4.69) is 12.1 Å². The van der Waals surface area contributed by atoms with Gasteiger partial charge in [0.1, 0.15) is 5.82 Å². The molecule has 2 aromatic rings. The standard InChI is InChI=1S/C15H15FOS/c1-11(17)14-9-13(16)7-8-15(14)18-10-12-5-3-2-4-6-12/h2-9,11,17H,10H2,1H3/t11-/m1/s1. The third-order valence-corrected chi connectivity index (χ3v) is 3.82. The van der Waals surface area contributed by atoms with Crippen molar-refractivity contribution in [2.75, 3.05) is 0 Å². The van der Waals surface area contributed by atoms with Crippen LogP contribution in [-0.4, -0.2) is 5.11 Å². The van der Waals surface area contributed by atoms with Gasteiger partial charge in [-0.05, 0) is 36.2 Å². The summed E-state index contributed by atoms with van der Waals surface area (Å²) in [6.45, 7) is 1.65. The maximum Gasteiger partial charge on any atom is 0.123 e. The molecule has 0 aliphatic carbocycles. The van der Waals surface area contributed by atoms with Crippen LogP contribution in [0.25, 0.3) is 0 Å². The predicted octanol–water partition coefficient (Wildman–Crippen LogP) is 4.17. The molecule has 0 amide bonds. The summed E-state index contributed by atoms with van der Waals surface area (Å²) in [4.78, 5) is 0.926. The number of benzene rings is 2. The highest BCUT2D eigenvalue weighted by atomic mass is 32.2. The van der Waals surface area contributed by atoms with Gasteiger partial charge in [-0.15, -0.1) is 11.8 Å². The predicted molar refractivity (Wildman–Crippen MR) is 73.0 cm³/mol. The van der Waals surface area contributed by atoms with Crippen molar-refractivity contribution in [3.05, 3.63) is 65.5 Å². The summed E-state index contributed by atoms with van der Waals surface area (Å²) in [6, 6.07) is 14.6.